The van der Waals surface area contributed by atoms with Crippen LogP contribution in [-0.2, 0) is 16.0 Å². The van der Waals surface area contributed by atoms with Crippen LogP contribution < -0.4 is 4.74 Å². The molecule has 1 fully saturated rings. The quantitative estimate of drug-likeness (QED) is 0.324. The highest BCUT2D eigenvalue weighted by atomic mass is 16.5. The molecule has 1 amide bonds. The van der Waals surface area contributed by atoms with E-state index in [4.69, 9.17) is 9.84 Å². The fraction of sp³-hybridized carbons (Fsp3) is 0.429. The van der Waals surface area contributed by atoms with Crippen molar-refractivity contribution >= 4 is 11.9 Å². The molecule has 0 bridgehead atoms. The molecule has 2 atom stereocenters. The Labute approximate surface area is 201 Å². The molecule has 2 aromatic rings. The lowest BCUT2D eigenvalue weighted by Crippen LogP contribution is -2.32. The molecule has 6 heteroatoms. The van der Waals surface area contributed by atoms with Gasteiger partial charge in [0.05, 0.1) is 19.3 Å². The standard InChI is InChI=1S/C28H35NO5/c1-34-25-14-10-21(11-15-25)19-22-7-6-8-23(20-22)26(30)16-12-24-13-17-27(31)29(24)18-5-3-2-4-9-28(32)33/h6-8,10-12,14-16,20,24,26,30H,2-5,9,13,17-19H2,1H3,(H,32,33)/b16-12+/t24?,26-/m1/s1. The van der Waals surface area contributed by atoms with Crippen LogP contribution in [0.5, 0.6) is 5.75 Å². The summed E-state index contributed by atoms with van der Waals surface area (Å²) in [6, 6.07) is 15.9. The fourth-order valence-corrected chi connectivity index (χ4v) is 4.37. The average Bonchev–Trinajstić information content (AvgIpc) is 3.19. The first-order valence-corrected chi connectivity index (χ1v) is 12.1. The van der Waals surface area contributed by atoms with Gasteiger partial charge in [0, 0.05) is 19.4 Å². The number of likely N-dealkylation sites (tertiary alicyclic amines) is 1. The SMILES string of the molecule is COc1ccc(Cc2cccc([C@H](O)/C=C/C3CCC(=O)N3CCCCCCC(=O)O)c2)cc1. The van der Waals surface area contributed by atoms with Crippen LogP contribution in [0.3, 0.4) is 0 Å². The lowest BCUT2D eigenvalue weighted by atomic mass is 10.00. The van der Waals surface area contributed by atoms with Crippen molar-refractivity contribution in [1.82, 2.24) is 4.90 Å². The van der Waals surface area contributed by atoms with Crippen LogP contribution >= 0.6 is 0 Å². The summed E-state index contributed by atoms with van der Waals surface area (Å²) < 4.78 is 5.21. The van der Waals surface area contributed by atoms with Gasteiger partial charge in [-0.2, -0.15) is 0 Å². The van der Waals surface area contributed by atoms with Gasteiger partial charge in [0.1, 0.15) is 5.75 Å². The number of carbonyl (C=O) groups is 2. The summed E-state index contributed by atoms with van der Waals surface area (Å²) in [5.74, 6) is 0.219. The monoisotopic (exact) mass is 465 g/mol. The second-order valence-electron chi connectivity index (χ2n) is 8.85. The molecular weight excluding hydrogens is 430 g/mol. The van der Waals surface area contributed by atoms with E-state index in [-0.39, 0.29) is 18.4 Å². The minimum Gasteiger partial charge on any atom is -0.497 e. The molecule has 0 radical (unpaired) electrons. The fourth-order valence-electron chi connectivity index (χ4n) is 4.37. The Kier molecular flexibility index (Phi) is 9.71. The number of aliphatic carboxylic acids is 1. The van der Waals surface area contributed by atoms with Crippen LogP contribution in [0.1, 0.15) is 67.7 Å². The van der Waals surface area contributed by atoms with E-state index in [1.807, 2.05) is 53.4 Å². The lowest BCUT2D eigenvalue weighted by Gasteiger charge is -2.22. The summed E-state index contributed by atoms with van der Waals surface area (Å²) in [5.41, 5.74) is 3.12. The zero-order valence-corrected chi connectivity index (χ0v) is 19.9. The number of carboxylic acids is 1. The lowest BCUT2D eigenvalue weighted by molar-refractivity contribution is -0.137. The third-order valence-corrected chi connectivity index (χ3v) is 6.29. The third-order valence-electron chi connectivity index (χ3n) is 6.29. The second kappa shape index (κ2) is 12.9. The highest BCUT2D eigenvalue weighted by molar-refractivity contribution is 5.79. The Hall–Kier alpha value is -3.12. The van der Waals surface area contributed by atoms with Gasteiger partial charge in [-0.1, -0.05) is 61.4 Å². The molecule has 1 heterocycles. The maximum atomic E-state index is 12.3. The molecule has 1 aliphatic rings. The van der Waals surface area contributed by atoms with Gasteiger partial charge in [-0.3, -0.25) is 9.59 Å². The Balaban J connectivity index is 1.53. The van der Waals surface area contributed by atoms with E-state index in [2.05, 4.69) is 6.07 Å². The number of rotatable bonds is 13. The van der Waals surface area contributed by atoms with Gasteiger partial charge in [-0.15, -0.1) is 0 Å². The maximum absolute atomic E-state index is 12.3. The van der Waals surface area contributed by atoms with Gasteiger partial charge in [0.15, 0.2) is 0 Å². The van der Waals surface area contributed by atoms with Gasteiger partial charge >= 0.3 is 5.97 Å². The van der Waals surface area contributed by atoms with Crippen molar-refractivity contribution in [2.24, 2.45) is 0 Å². The summed E-state index contributed by atoms with van der Waals surface area (Å²) in [5, 5.41) is 19.5. The number of amides is 1. The number of aliphatic hydroxyl groups is 1. The number of carbonyl (C=O) groups excluding carboxylic acids is 1. The Bertz CT molecular complexity index is 969. The number of unbranched alkanes of at least 4 members (excludes halogenated alkanes) is 3. The van der Waals surface area contributed by atoms with E-state index in [1.54, 1.807) is 13.2 Å². The molecule has 2 N–H and O–H groups in total. The van der Waals surface area contributed by atoms with Crippen LogP contribution in [0.2, 0.25) is 0 Å². The molecule has 0 saturated carbocycles. The van der Waals surface area contributed by atoms with Crippen LogP contribution in [0.15, 0.2) is 60.7 Å². The maximum Gasteiger partial charge on any atom is 0.303 e. The zero-order chi connectivity index (χ0) is 24.3. The van der Waals surface area contributed by atoms with E-state index < -0.39 is 12.1 Å². The number of aliphatic hydroxyl groups excluding tert-OH is 1. The van der Waals surface area contributed by atoms with Crippen molar-refractivity contribution in [2.75, 3.05) is 13.7 Å². The van der Waals surface area contributed by atoms with Gasteiger partial charge in [0.25, 0.3) is 0 Å². The Morgan fingerprint density at radius 1 is 1.12 bits per heavy atom. The van der Waals surface area contributed by atoms with Crippen LogP contribution in [0.25, 0.3) is 0 Å². The van der Waals surface area contributed by atoms with Gasteiger partial charge in [-0.05, 0) is 54.5 Å². The first kappa shape index (κ1) is 25.5. The molecule has 182 valence electrons. The highest BCUT2D eigenvalue weighted by Crippen LogP contribution is 2.24. The minimum absolute atomic E-state index is 0.00338. The summed E-state index contributed by atoms with van der Waals surface area (Å²) in [6.45, 7) is 0.675. The van der Waals surface area contributed by atoms with Crippen molar-refractivity contribution in [3.8, 4) is 5.75 Å². The molecular formula is C28H35NO5. The van der Waals surface area contributed by atoms with Crippen LogP contribution in [-0.4, -0.2) is 46.7 Å². The van der Waals surface area contributed by atoms with E-state index in [1.165, 1.54) is 5.56 Å². The molecule has 6 nitrogen and oxygen atoms in total. The van der Waals surface area contributed by atoms with E-state index in [9.17, 15) is 14.7 Å². The predicted octanol–water partition coefficient (Wildman–Crippen LogP) is 4.90. The molecule has 1 aliphatic heterocycles. The molecule has 2 aromatic carbocycles. The number of hydrogen-bond donors (Lipinski definition) is 2. The number of ether oxygens (including phenoxy) is 1. The molecule has 0 spiro atoms. The summed E-state index contributed by atoms with van der Waals surface area (Å²) in [6.07, 6.45) is 8.59. The minimum atomic E-state index is -0.759. The number of benzene rings is 2. The third kappa shape index (κ3) is 7.73. The topological polar surface area (TPSA) is 87.1 Å². The summed E-state index contributed by atoms with van der Waals surface area (Å²) >= 11 is 0. The highest BCUT2D eigenvalue weighted by Gasteiger charge is 2.28. The van der Waals surface area contributed by atoms with Crippen molar-refractivity contribution in [3.05, 3.63) is 77.4 Å². The van der Waals surface area contributed by atoms with Crippen molar-refractivity contribution in [1.29, 1.82) is 0 Å². The molecule has 1 unspecified atom stereocenters. The van der Waals surface area contributed by atoms with Crippen LogP contribution in [0.4, 0.5) is 0 Å². The summed E-state index contributed by atoms with van der Waals surface area (Å²) in [4.78, 5) is 24.8. The van der Waals surface area contributed by atoms with Crippen molar-refractivity contribution < 1.29 is 24.5 Å². The summed E-state index contributed by atoms with van der Waals surface area (Å²) in [7, 11) is 1.65. The second-order valence-corrected chi connectivity index (χ2v) is 8.85. The van der Waals surface area contributed by atoms with Gasteiger partial charge in [-0.25, -0.2) is 0 Å². The smallest absolute Gasteiger partial charge is 0.303 e. The number of methoxy groups -OCH3 is 1. The average molecular weight is 466 g/mol. The number of nitrogens with zero attached hydrogens (tertiary/aromatic N) is 1. The normalized spacial score (nSPS) is 16.8. The Morgan fingerprint density at radius 2 is 1.88 bits per heavy atom. The number of hydrogen-bond acceptors (Lipinski definition) is 4. The van der Waals surface area contributed by atoms with E-state index in [0.717, 1.165) is 49.0 Å². The molecule has 0 aromatic heterocycles. The van der Waals surface area contributed by atoms with Gasteiger partial charge in [0.2, 0.25) is 5.91 Å². The molecule has 1 saturated heterocycles. The first-order chi connectivity index (χ1) is 16.5. The molecule has 34 heavy (non-hydrogen) atoms. The van der Waals surface area contributed by atoms with Gasteiger partial charge < -0.3 is 19.8 Å². The van der Waals surface area contributed by atoms with Crippen molar-refractivity contribution in [3.63, 3.8) is 0 Å². The number of carboxylic acid groups (broad SMARTS) is 1. The Morgan fingerprint density at radius 3 is 2.62 bits per heavy atom. The predicted molar refractivity (Wildman–Crippen MR) is 132 cm³/mol. The van der Waals surface area contributed by atoms with Crippen LogP contribution in [0, 0.1) is 0 Å². The largest absolute Gasteiger partial charge is 0.497 e. The molecule has 0 aliphatic carbocycles. The molecule has 3 rings (SSSR count). The van der Waals surface area contributed by atoms with E-state index >= 15 is 0 Å². The van der Waals surface area contributed by atoms with E-state index in [0.29, 0.717) is 19.4 Å². The first-order valence-electron chi connectivity index (χ1n) is 12.1. The zero-order valence-electron chi connectivity index (χ0n) is 19.9. The van der Waals surface area contributed by atoms with Crippen molar-refractivity contribution in [2.45, 2.75) is 63.5 Å².